The number of hydrogen-bond donors (Lipinski definition) is 2. The Balaban J connectivity index is 0.00000289. The van der Waals surface area contributed by atoms with Crippen molar-refractivity contribution < 1.29 is 9.59 Å². The summed E-state index contributed by atoms with van der Waals surface area (Å²) in [5.41, 5.74) is 2.23. The van der Waals surface area contributed by atoms with E-state index in [-0.39, 0.29) is 48.4 Å². The zero-order valence-electron chi connectivity index (χ0n) is 19.0. The summed E-state index contributed by atoms with van der Waals surface area (Å²) in [6.07, 6.45) is 7.52. The monoisotopic (exact) mass is 553 g/mol. The number of fused-ring (bicyclic) bond motifs is 1. The van der Waals surface area contributed by atoms with E-state index in [2.05, 4.69) is 21.7 Å². The molecule has 3 aliphatic rings. The molecule has 7 nitrogen and oxygen atoms in total. The number of carbonyl (C=O) groups is 2. The summed E-state index contributed by atoms with van der Waals surface area (Å²) in [6.45, 7) is 5.09. The highest BCUT2D eigenvalue weighted by atomic mass is 127. The number of benzene rings is 1. The van der Waals surface area contributed by atoms with Gasteiger partial charge in [0.15, 0.2) is 5.96 Å². The summed E-state index contributed by atoms with van der Waals surface area (Å²) in [5, 5.41) is 6.69. The van der Waals surface area contributed by atoms with E-state index in [1.807, 2.05) is 34.9 Å². The predicted octanol–water partition coefficient (Wildman–Crippen LogP) is 2.93. The fourth-order valence-electron chi connectivity index (χ4n) is 5.03. The third-order valence-corrected chi connectivity index (χ3v) is 6.70. The number of halogens is 1. The number of anilines is 1. The Morgan fingerprint density at radius 1 is 1.09 bits per heavy atom. The van der Waals surface area contributed by atoms with Gasteiger partial charge in [0.05, 0.1) is 0 Å². The van der Waals surface area contributed by atoms with Crippen LogP contribution in [-0.2, 0) is 16.0 Å². The van der Waals surface area contributed by atoms with E-state index in [0.717, 1.165) is 51.0 Å². The lowest BCUT2D eigenvalue weighted by atomic mass is 9.88. The fourth-order valence-corrected chi connectivity index (χ4v) is 5.03. The van der Waals surface area contributed by atoms with E-state index in [1.165, 1.54) is 24.8 Å². The first-order valence-electron chi connectivity index (χ1n) is 11.9. The number of carbonyl (C=O) groups excluding carboxylic acids is 2. The molecule has 1 atom stereocenters. The van der Waals surface area contributed by atoms with Crippen molar-refractivity contribution in [3.63, 3.8) is 0 Å². The van der Waals surface area contributed by atoms with Gasteiger partial charge in [-0.2, -0.15) is 0 Å². The number of para-hydroxylation sites is 1. The summed E-state index contributed by atoms with van der Waals surface area (Å²) in [7, 11) is 0. The highest BCUT2D eigenvalue weighted by Gasteiger charge is 2.32. The Labute approximate surface area is 208 Å². The van der Waals surface area contributed by atoms with Crippen LogP contribution in [0.25, 0.3) is 0 Å². The van der Waals surface area contributed by atoms with Gasteiger partial charge in [-0.1, -0.05) is 37.5 Å². The van der Waals surface area contributed by atoms with Crippen LogP contribution < -0.4 is 15.5 Å². The molecule has 1 aromatic rings. The third-order valence-electron chi connectivity index (χ3n) is 6.70. The maximum absolute atomic E-state index is 12.8. The highest BCUT2D eigenvalue weighted by Crippen LogP contribution is 2.28. The van der Waals surface area contributed by atoms with E-state index < -0.39 is 0 Å². The van der Waals surface area contributed by atoms with Gasteiger partial charge in [-0.25, -0.2) is 4.99 Å². The second kappa shape index (κ2) is 11.9. The molecule has 0 spiro atoms. The van der Waals surface area contributed by atoms with Crippen molar-refractivity contribution in [3.8, 4) is 0 Å². The van der Waals surface area contributed by atoms with Crippen molar-refractivity contribution in [2.75, 3.05) is 37.6 Å². The highest BCUT2D eigenvalue weighted by molar-refractivity contribution is 14.0. The van der Waals surface area contributed by atoms with E-state index in [1.54, 1.807) is 0 Å². The Hall–Kier alpha value is -1.84. The lowest BCUT2D eigenvalue weighted by Crippen LogP contribution is -2.46. The molecule has 176 valence electrons. The largest absolute Gasteiger partial charge is 0.357 e. The van der Waals surface area contributed by atoms with Crippen LogP contribution in [0.4, 0.5) is 5.69 Å². The van der Waals surface area contributed by atoms with Gasteiger partial charge in [0.1, 0.15) is 6.54 Å². The molecule has 2 heterocycles. The van der Waals surface area contributed by atoms with Crippen molar-refractivity contribution in [2.24, 2.45) is 10.9 Å². The molecule has 1 saturated heterocycles. The number of rotatable bonds is 5. The fraction of sp³-hybridized carbons (Fsp3) is 0.625. The average Bonchev–Trinajstić information content (AvgIpc) is 3.45. The number of amides is 2. The molecule has 2 amide bonds. The van der Waals surface area contributed by atoms with Gasteiger partial charge >= 0.3 is 0 Å². The standard InChI is InChI=1S/C24H35N5O2.HI/c1-2-25-24(26-16-22(30)29-15-12-18-8-6-7-11-21(18)29)27-20-13-14-28(17-20)23(31)19-9-4-3-5-10-19;/h6-8,11,19-20H,2-5,9-10,12-17H2,1H3,(H2,25,26,27);1H. The van der Waals surface area contributed by atoms with Gasteiger partial charge in [0.2, 0.25) is 11.8 Å². The summed E-state index contributed by atoms with van der Waals surface area (Å²) < 4.78 is 0. The van der Waals surface area contributed by atoms with Crippen LogP contribution >= 0.6 is 24.0 Å². The van der Waals surface area contributed by atoms with Gasteiger partial charge < -0.3 is 20.4 Å². The smallest absolute Gasteiger partial charge is 0.248 e. The van der Waals surface area contributed by atoms with Crippen molar-refractivity contribution in [3.05, 3.63) is 29.8 Å². The average molecular weight is 553 g/mol. The molecule has 8 heteroatoms. The van der Waals surface area contributed by atoms with Gasteiger partial charge in [0, 0.05) is 43.8 Å². The summed E-state index contributed by atoms with van der Waals surface area (Å²) in [4.78, 5) is 34.0. The van der Waals surface area contributed by atoms with Crippen molar-refractivity contribution >= 4 is 47.4 Å². The molecule has 1 aromatic carbocycles. The Morgan fingerprint density at radius 2 is 1.88 bits per heavy atom. The molecule has 2 aliphatic heterocycles. The maximum Gasteiger partial charge on any atom is 0.248 e. The van der Waals surface area contributed by atoms with Crippen LogP contribution in [0.5, 0.6) is 0 Å². The maximum atomic E-state index is 12.8. The van der Waals surface area contributed by atoms with Gasteiger partial charge in [-0.3, -0.25) is 9.59 Å². The minimum atomic E-state index is 0. The minimum absolute atomic E-state index is 0. The Morgan fingerprint density at radius 3 is 2.66 bits per heavy atom. The molecule has 1 aliphatic carbocycles. The lowest BCUT2D eigenvalue weighted by Gasteiger charge is -2.26. The molecule has 2 N–H and O–H groups in total. The van der Waals surface area contributed by atoms with Gasteiger partial charge in [-0.15, -0.1) is 24.0 Å². The Bertz CT molecular complexity index is 824. The quantitative estimate of drug-likeness (QED) is 0.334. The van der Waals surface area contributed by atoms with Crippen LogP contribution in [0.1, 0.15) is 51.0 Å². The topological polar surface area (TPSA) is 77.0 Å². The van der Waals surface area contributed by atoms with E-state index >= 15 is 0 Å². The molecule has 0 bridgehead atoms. The number of likely N-dealkylation sites (tertiary alicyclic amines) is 1. The number of hydrogen-bond acceptors (Lipinski definition) is 3. The second-order valence-electron chi connectivity index (χ2n) is 8.87. The second-order valence-corrected chi connectivity index (χ2v) is 8.87. The molecular formula is C24H36IN5O2. The summed E-state index contributed by atoms with van der Waals surface area (Å²) >= 11 is 0. The first-order chi connectivity index (χ1) is 15.2. The van der Waals surface area contributed by atoms with E-state index in [0.29, 0.717) is 18.4 Å². The van der Waals surface area contributed by atoms with Crippen molar-refractivity contribution in [2.45, 2.75) is 57.9 Å². The third kappa shape index (κ3) is 5.94. The first-order valence-corrected chi connectivity index (χ1v) is 11.9. The summed E-state index contributed by atoms with van der Waals surface area (Å²) in [6, 6.07) is 8.25. The number of aliphatic imine (C=N–C) groups is 1. The molecular weight excluding hydrogens is 517 g/mol. The Kier molecular flexibility index (Phi) is 9.19. The molecule has 0 radical (unpaired) electrons. The molecule has 4 rings (SSSR count). The van der Waals surface area contributed by atoms with Crippen LogP contribution in [-0.4, -0.2) is 61.4 Å². The summed E-state index contributed by atoms with van der Waals surface area (Å²) in [5.74, 6) is 1.21. The predicted molar refractivity (Wildman–Crippen MR) is 139 cm³/mol. The van der Waals surface area contributed by atoms with Crippen molar-refractivity contribution in [1.29, 1.82) is 0 Å². The molecule has 32 heavy (non-hydrogen) atoms. The number of guanidine groups is 1. The van der Waals surface area contributed by atoms with Crippen LogP contribution in [0, 0.1) is 5.92 Å². The number of nitrogens with zero attached hydrogens (tertiary/aromatic N) is 3. The first kappa shape index (κ1) is 24.8. The van der Waals surface area contributed by atoms with Gasteiger partial charge in [0.25, 0.3) is 0 Å². The van der Waals surface area contributed by atoms with Crippen LogP contribution in [0.2, 0.25) is 0 Å². The van der Waals surface area contributed by atoms with Crippen LogP contribution in [0.15, 0.2) is 29.3 Å². The molecule has 1 unspecified atom stereocenters. The minimum Gasteiger partial charge on any atom is -0.357 e. The molecule has 0 aromatic heterocycles. The zero-order chi connectivity index (χ0) is 21.6. The van der Waals surface area contributed by atoms with Crippen LogP contribution in [0.3, 0.4) is 0 Å². The van der Waals surface area contributed by atoms with Crippen molar-refractivity contribution in [1.82, 2.24) is 15.5 Å². The SMILES string of the molecule is CCNC(=NCC(=O)N1CCc2ccccc21)NC1CCN(C(=O)C2CCCCC2)C1.I. The number of nitrogens with one attached hydrogen (secondary N) is 2. The molecule has 2 fully saturated rings. The van der Waals surface area contributed by atoms with Gasteiger partial charge in [-0.05, 0) is 44.2 Å². The van der Waals surface area contributed by atoms with E-state index in [9.17, 15) is 9.59 Å². The lowest BCUT2D eigenvalue weighted by molar-refractivity contribution is -0.135. The van der Waals surface area contributed by atoms with E-state index in [4.69, 9.17) is 0 Å². The zero-order valence-corrected chi connectivity index (χ0v) is 21.3. The molecule has 1 saturated carbocycles. The normalized spacial score (nSPS) is 21.2.